The van der Waals surface area contributed by atoms with Gasteiger partial charge in [0.25, 0.3) is 5.91 Å². The third-order valence-corrected chi connectivity index (χ3v) is 9.76. The van der Waals surface area contributed by atoms with Gasteiger partial charge in [0.1, 0.15) is 22.7 Å². The second-order valence-electron chi connectivity index (χ2n) is 11.3. The van der Waals surface area contributed by atoms with Crippen LogP contribution in [0.4, 0.5) is 0 Å². The van der Waals surface area contributed by atoms with Gasteiger partial charge in [0.15, 0.2) is 0 Å². The van der Waals surface area contributed by atoms with E-state index in [0.717, 1.165) is 101 Å². The zero-order chi connectivity index (χ0) is 26.6. The third-order valence-electron chi connectivity index (χ3n) is 8.71. The maximum Gasteiger partial charge on any atom is 0.258 e. The molecule has 0 spiro atoms. The summed E-state index contributed by atoms with van der Waals surface area (Å²) in [6, 6.07) is 6.19. The maximum absolute atomic E-state index is 13.1. The number of carbonyl (C=O) groups excluding carboxylic acids is 1. The summed E-state index contributed by atoms with van der Waals surface area (Å²) in [7, 11) is 0. The molecule has 0 saturated carbocycles. The van der Waals surface area contributed by atoms with Crippen molar-refractivity contribution in [2.45, 2.75) is 76.5 Å². The number of hydrogen-bond donors (Lipinski definition) is 2. The summed E-state index contributed by atoms with van der Waals surface area (Å²) in [6.07, 6.45) is 8.52. The summed E-state index contributed by atoms with van der Waals surface area (Å²) < 4.78 is 8.72. The van der Waals surface area contributed by atoms with Crippen molar-refractivity contribution in [1.29, 1.82) is 0 Å². The molecule has 6 rings (SSSR count). The molecule has 0 aliphatic carbocycles. The van der Waals surface area contributed by atoms with Crippen molar-refractivity contribution in [1.82, 2.24) is 19.6 Å². The fourth-order valence-corrected chi connectivity index (χ4v) is 7.01. The van der Waals surface area contributed by atoms with Gasteiger partial charge in [-0.05, 0) is 94.7 Å². The van der Waals surface area contributed by atoms with Crippen LogP contribution >= 0.6 is 36.6 Å². The van der Waals surface area contributed by atoms with Crippen LogP contribution in [0.25, 0.3) is 11.7 Å². The van der Waals surface area contributed by atoms with Crippen LogP contribution in [-0.4, -0.2) is 56.6 Å². The van der Waals surface area contributed by atoms with Crippen molar-refractivity contribution in [2.75, 3.05) is 19.6 Å². The van der Waals surface area contributed by atoms with E-state index in [4.69, 9.17) is 4.74 Å². The SMILES string of the molecule is Cc1c(C)c2c(c(C)c1O)CCC(C)(CCN1CCC(NC(=O)C3=Cc4cnc5cccc(n45)S3)CC1)O2.Cl.Cl. The van der Waals surface area contributed by atoms with Gasteiger partial charge < -0.3 is 20.1 Å². The van der Waals surface area contributed by atoms with Crippen molar-refractivity contribution in [3.8, 4) is 11.5 Å². The molecule has 7 nitrogen and oxygen atoms in total. The second kappa shape index (κ2) is 11.8. The van der Waals surface area contributed by atoms with Crippen LogP contribution in [0.3, 0.4) is 0 Å². The number of hydrogen-bond acceptors (Lipinski definition) is 6. The summed E-state index contributed by atoms with van der Waals surface area (Å²) in [6.45, 7) is 11.2. The highest BCUT2D eigenvalue weighted by Gasteiger charge is 2.35. The zero-order valence-corrected chi connectivity index (χ0v) is 25.9. The molecule has 1 unspecified atom stereocenters. The lowest BCUT2D eigenvalue weighted by molar-refractivity contribution is -0.117. The summed E-state index contributed by atoms with van der Waals surface area (Å²) in [5.74, 6) is 1.39. The highest BCUT2D eigenvalue weighted by Crippen LogP contribution is 2.44. The number of thioether (sulfide) groups is 1. The molecule has 3 aliphatic heterocycles. The second-order valence-corrected chi connectivity index (χ2v) is 12.3. The van der Waals surface area contributed by atoms with Gasteiger partial charge >= 0.3 is 0 Å². The molecule has 216 valence electrons. The number of phenols is 1. The molecule has 0 bridgehead atoms. The topological polar surface area (TPSA) is 79.1 Å². The first kappa shape index (κ1) is 30.6. The van der Waals surface area contributed by atoms with E-state index < -0.39 is 0 Å². The fourth-order valence-electron chi connectivity index (χ4n) is 6.02. The number of aromatic nitrogens is 2. The molecule has 10 heteroatoms. The number of nitrogens with zero attached hydrogens (tertiary/aromatic N) is 3. The van der Waals surface area contributed by atoms with Crippen LogP contribution in [0.1, 0.15) is 60.6 Å². The van der Waals surface area contributed by atoms with E-state index in [9.17, 15) is 9.90 Å². The molecule has 0 radical (unpaired) electrons. The standard InChI is InChI=1S/C30H36N4O3S.2ClH/c1-18-19(2)28-23(20(3)27(18)35)8-11-30(4,37-28)12-15-33-13-9-21(10-14-33)32-29(36)24-16-22-17-31-25-6-5-7-26(38-24)34(22)25;;/h5-7,16-17,21,35H,8-15H2,1-4H3,(H,32,36);2*1H. The van der Waals surface area contributed by atoms with Gasteiger partial charge in [0, 0.05) is 31.2 Å². The highest BCUT2D eigenvalue weighted by molar-refractivity contribution is 8.04. The Bertz CT molecular complexity index is 1470. The summed E-state index contributed by atoms with van der Waals surface area (Å²) in [4.78, 5) is 20.8. The average molecular weight is 606 g/mol. The minimum absolute atomic E-state index is 0. The van der Waals surface area contributed by atoms with E-state index in [1.165, 1.54) is 11.8 Å². The van der Waals surface area contributed by atoms with Crippen LogP contribution in [0.2, 0.25) is 0 Å². The molecule has 2 aromatic heterocycles. The van der Waals surface area contributed by atoms with Gasteiger partial charge in [-0.25, -0.2) is 4.98 Å². The molecule has 5 heterocycles. The lowest BCUT2D eigenvalue weighted by atomic mass is 9.85. The molecule has 1 fully saturated rings. The largest absolute Gasteiger partial charge is 0.507 e. The normalized spacial score (nSPS) is 20.6. The minimum atomic E-state index is -0.210. The van der Waals surface area contributed by atoms with Crippen molar-refractivity contribution >= 4 is 54.2 Å². The van der Waals surface area contributed by atoms with Crippen molar-refractivity contribution in [3.63, 3.8) is 0 Å². The molecule has 1 atom stereocenters. The highest BCUT2D eigenvalue weighted by atomic mass is 35.5. The van der Waals surface area contributed by atoms with Crippen LogP contribution in [0.15, 0.2) is 34.3 Å². The molecule has 1 saturated heterocycles. The number of carbonyl (C=O) groups is 1. The van der Waals surface area contributed by atoms with E-state index >= 15 is 0 Å². The Kier molecular flexibility index (Phi) is 9.05. The number of benzene rings is 1. The van der Waals surface area contributed by atoms with Gasteiger partial charge in [-0.3, -0.25) is 9.20 Å². The molecule has 2 N–H and O–H groups in total. The lowest BCUT2D eigenvalue weighted by Gasteiger charge is -2.40. The molecular weight excluding hydrogens is 567 g/mol. The van der Waals surface area contributed by atoms with Gasteiger partial charge in [-0.1, -0.05) is 17.8 Å². The zero-order valence-electron chi connectivity index (χ0n) is 23.5. The number of nitrogens with one attached hydrogen (secondary N) is 1. The predicted octanol–water partition coefficient (Wildman–Crippen LogP) is 6.01. The number of halogens is 2. The van der Waals surface area contributed by atoms with E-state index in [0.29, 0.717) is 5.75 Å². The Labute approximate surface area is 252 Å². The third kappa shape index (κ3) is 5.56. The number of ether oxygens (including phenoxy) is 1. The van der Waals surface area contributed by atoms with Crippen molar-refractivity contribution in [3.05, 3.63) is 57.2 Å². The molecule has 1 aromatic carbocycles. The van der Waals surface area contributed by atoms with E-state index in [1.54, 1.807) is 0 Å². The first-order valence-electron chi connectivity index (χ1n) is 13.6. The maximum atomic E-state index is 13.1. The minimum Gasteiger partial charge on any atom is -0.507 e. The van der Waals surface area contributed by atoms with Crippen LogP contribution < -0.4 is 10.1 Å². The van der Waals surface area contributed by atoms with Gasteiger partial charge in [-0.2, -0.15) is 0 Å². The van der Waals surface area contributed by atoms with E-state index in [2.05, 4.69) is 33.4 Å². The fraction of sp³-hybridized carbons (Fsp3) is 0.467. The molecule has 1 amide bonds. The smallest absolute Gasteiger partial charge is 0.258 e. The monoisotopic (exact) mass is 604 g/mol. The molecule has 3 aliphatic rings. The van der Waals surface area contributed by atoms with Crippen LogP contribution in [-0.2, 0) is 11.2 Å². The van der Waals surface area contributed by atoms with Gasteiger partial charge in [-0.15, -0.1) is 24.8 Å². The average Bonchev–Trinajstić information content (AvgIpc) is 3.35. The molecular formula is C30H38Cl2N4O3S. The number of piperidine rings is 1. The van der Waals surface area contributed by atoms with Crippen LogP contribution in [0, 0.1) is 20.8 Å². The van der Waals surface area contributed by atoms with E-state index in [1.807, 2.05) is 44.3 Å². The lowest BCUT2D eigenvalue weighted by Crippen LogP contribution is -2.47. The summed E-state index contributed by atoms with van der Waals surface area (Å²) in [5.41, 5.74) is 5.74. The van der Waals surface area contributed by atoms with Gasteiger partial charge in [0.2, 0.25) is 0 Å². The summed E-state index contributed by atoms with van der Waals surface area (Å²) in [5, 5.41) is 14.8. The van der Waals surface area contributed by atoms with Crippen LogP contribution in [0.5, 0.6) is 11.5 Å². The predicted molar refractivity (Wildman–Crippen MR) is 165 cm³/mol. The van der Waals surface area contributed by atoms with E-state index in [-0.39, 0.29) is 42.4 Å². The number of imidazole rings is 1. The van der Waals surface area contributed by atoms with Crippen molar-refractivity contribution in [2.24, 2.45) is 0 Å². The first-order chi connectivity index (χ1) is 18.2. The quantitative estimate of drug-likeness (QED) is 0.371. The number of likely N-dealkylation sites (tertiary alicyclic amines) is 1. The molecule has 3 aromatic rings. The summed E-state index contributed by atoms with van der Waals surface area (Å²) >= 11 is 1.51. The van der Waals surface area contributed by atoms with Crippen molar-refractivity contribution < 1.29 is 14.6 Å². The number of phenolic OH excluding ortho intramolecular Hbond substituents is 1. The first-order valence-corrected chi connectivity index (χ1v) is 14.4. The Morgan fingerprint density at radius 2 is 1.93 bits per heavy atom. The number of amides is 1. The molecule has 40 heavy (non-hydrogen) atoms. The number of rotatable bonds is 5. The Morgan fingerprint density at radius 3 is 2.67 bits per heavy atom. The Hall–Kier alpha value is -2.39. The Morgan fingerprint density at radius 1 is 1.18 bits per heavy atom. The number of aromatic hydroxyl groups is 1. The number of fused-ring (bicyclic) bond motifs is 1. The van der Waals surface area contributed by atoms with Gasteiger partial charge in [0.05, 0.1) is 21.8 Å². The number of pyridine rings is 1. The Balaban J connectivity index is 0.00000185.